The number of carbonyl (C=O) groups excluding carboxylic acids is 1. The van der Waals surface area contributed by atoms with Crippen LogP contribution in [0.3, 0.4) is 0 Å². The number of aromatic nitrogens is 2. The number of nitrogens with zero attached hydrogens (tertiary/aromatic N) is 2. The summed E-state index contributed by atoms with van der Waals surface area (Å²) >= 11 is 0. The number of hydrogen-bond acceptors (Lipinski definition) is 3. The third-order valence-corrected chi connectivity index (χ3v) is 5.19. The Kier molecular flexibility index (Phi) is 4.24. The van der Waals surface area contributed by atoms with E-state index in [-0.39, 0.29) is 11.7 Å². The molecule has 144 valence electrons. The molecule has 29 heavy (non-hydrogen) atoms. The summed E-state index contributed by atoms with van der Waals surface area (Å²) < 4.78 is 19.5. The van der Waals surface area contributed by atoms with Gasteiger partial charge in [0, 0.05) is 30.1 Å². The first-order valence-corrected chi connectivity index (χ1v) is 9.44. The molecule has 3 heterocycles. The van der Waals surface area contributed by atoms with Gasteiger partial charge in [-0.15, -0.1) is 0 Å². The lowest BCUT2D eigenvalue weighted by molar-refractivity contribution is -0.128. The predicted molar refractivity (Wildman–Crippen MR) is 107 cm³/mol. The highest BCUT2D eigenvalue weighted by molar-refractivity contribution is 5.92. The van der Waals surface area contributed by atoms with E-state index in [9.17, 15) is 9.18 Å². The summed E-state index contributed by atoms with van der Waals surface area (Å²) in [5.41, 5.74) is 3.21. The molecule has 1 atom stereocenters. The van der Waals surface area contributed by atoms with Gasteiger partial charge in [-0.05, 0) is 35.9 Å². The van der Waals surface area contributed by atoms with Gasteiger partial charge in [-0.2, -0.15) is 0 Å². The average molecular weight is 387 g/mol. The Morgan fingerprint density at radius 1 is 1.21 bits per heavy atom. The minimum absolute atomic E-state index is 0.173. The molecule has 2 aromatic carbocycles. The summed E-state index contributed by atoms with van der Waals surface area (Å²) in [6.45, 7) is 0.531. The van der Waals surface area contributed by atoms with Crippen LogP contribution in [-0.2, 0) is 11.2 Å². The molecule has 4 aromatic rings. The summed E-state index contributed by atoms with van der Waals surface area (Å²) in [5.74, 6) is 0.166. The zero-order valence-electron chi connectivity index (χ0n) is 15.5. The van der Waals surface area contributed by atoms with Crippen LogP contribution in [0, 0.1) is 5.82 Å². The van der Waals surface area contributed by atoms with Crippen molar-refractivity contribution in [2.75, 3.05) is 6.54 Å². The van der Waals surface area contributed by atoms with E-state index in [0.717, 1.165) is 22.4 Å². The van der Waals surface area contributed by atoms with Crippen LogP contribution >= 0.6 is 0 Å². The molecule has 0 saturated carbocycles. The van der Waals surface area contributed by atoms with Gasteiger partial charge < -0.3 is 14.3 Å². The zero-order valence-corrected chi connectivity index (χ0v) is 15.5. The Morgan fingerprint density at radius 2 is 2.10 bits per heavy atom. The van der Waals surface area contributed by atoms with Crippen LogP contribution in [0.25, 0.3) is 17.0 Å². The normalized spacial score (nSPS) is 16.4. The highest BCUT2D eigenvalue weighted by Gasteiger charge is 2.35. The van der Waals surface area contributed by atoms with E-state index in [4.69, 9.17) is 4.42 Å². The molecule has 1 aliphatic rings. The predicted octanol–water partition coefficient (Wildman–Crippen LogP) is 4.48. The van der Waals surface area contributed by atoms with Crippen LogP contribution in [0.4, 0.5) is 4.39 Å². The van der Waals surface area contributed by atoms with Gasteiger partial charge in [-0.3, -0.25) is 4.79 Å². The fourth-order valence-electron chi connectivity index (χ4n) is 3.81. The molecule has 0 unspecified atom stereocenters. The van der Waals surface area contributed by atoms with Crippen molar-refractivity contribution in [2.45, 2.75) is 12.5 Å². The number of aromatic amines is 1. The topological polar surface area (TPSA) is 62.1 Å². The first kappa shape index (κ1) is 17.4. The Labute approximate surface area is 166 Å². The van der Waals surface area contributed by atoms with Crippen molar-refractivity contribution < 1.29 is 13.6 Å². The molecule has 5 rings (SSSR count). The number of nitrogens with one attached hydrogen (secondary N) is 1. The Balaban J connectivity index is 1.51. The molecular formula is C23H18FN3O2. The minimum atomic E-state index is -0.415. The van der Waals surface area contributed by atoms with Crippen LogP contribution in [-0.4, -0.2) is 27.3 Å². The van der Waals surface area contributed by atoms with Gasteiger partial charge in [0.05, 0.1) is 12.0 Å². The van der Waals surface area contributed by atoms with Gasteiger partial charge in [0.15, 0.2) is 0 Å². The lowest BCUT2D eigenvalue weighted by Crippen LogP contribution is -2.39. The van der Waals surface area contributed by atoms with E-state index >= 15 is 0 Å². The van der Waals surface area contributed by atoms with Crippen molar-refractivity contribution in [2.24, 2.45) is 0 Å². The van der Waals surface area contributed by atoms with Crippen LogP contribution in [0.1, 0.15) is 28.8 Å². The number of imidazole rings is 1. The van der Waals surface area contributed by atoms with Crippen LogP contribution in [0.2, 0.25) is 0 Å². The fraction of sp³-hybridized carbons (Fsp3) is 0.130. The fourth-order valence-corrected chi connectivity index (χ4v) is 3.81. The average Bonchev–Trinajstić information content (AvgIpc) is 3.37. The van der Waals surface area contributed by atoms with Gasteiger partial charge in [-0.25, -0.2) is 9.37 Å². The highest BCUT2D eigenvalue weighted by Crippen LogP contribution is 2.36. The van der Waals surface area contributed by atoms with Crippen LogP contribution < -0.4 is 0 Å². The van der Waals surface area contributed by atoms with Crippen LogP contribution in [0.15, 0.2) is 71.4 Å². The summed E-state index contributed by atoms with van der Waals surface area (Å²) in [5, 5.41) is 0.980. The van der Waals surface area contributed by atoms with Gasteiger partial charge in [0.25, 0.3) is 0 Å². The van der Waals surface area contributed by atoms with Crippen molar-refractivity contribution >= 4 is 23.0 Å². The molecule has 0 saturated heterocycles. The second kappa shape index (κ2) is 7.05. The van der Waals surface area contributed by atoms with Crippen molar-refractivity contribution in [3.8, 4) is 0 Å². The summed E-state index contributed by atoms with van der Waals surface area (Å²) in [6.07, 6.45) is 5.44. The maximum atomic E-state index is 13.4. The van der Waals surface area contributed by atoms with Crippen molar-refractivity contribution in [1.29, 1.82) is 0 Å². The van der Waals surface area contributed by atoms with Gasteiger partial charge in [0.2, 0.25) is 5.91 Å². The van der Waals surface area contributed by atoms with Gasteiger partial charge in [0.1, 0.15) is 23.2 Å². The molecule has 0 radical (unpaired) electrons. The maximum absolute atomic E-state index is 13.4. The van der Waals surface area contributed by atoms with Crippen LogP contribution in [0.5, 0.6) is 0 Å². The molecule has 6 heteroatoms. The molecule has 0 spiro atoms. The first-order chi connectivity index (χ1) is 14.2. The Bertz CT molecular complexity index is 1190. The SMILES string of the molecule is O=C(/C=C/c1cccc(F)c1)N1CCc2[nH]cnc2[C@H]1c1cc2ccccc2o1. The number of amides is 1. The monoisotopic (exact) mass is 387 g/mol. The number of carbonyl (C=O) groups is 1. The van der Waals surface area contributed by atoms with E-state index in [1.807, 2.05) is 30.3 Å². The van der Waals surface area contributed by atoms with Crippen molar-refractivity contribution in [3.63, 3.8) is 0 Å². The highest BCUT2D eigenvalue weighted by atomic mass is 19.1. The molecule has 1 aliphatic heterocycles. The largest absolute Gasteiger partial charge is 0.458 e. The maximum Gasteiger partial charge on any atom is 0.247 e. The first-order valence-electron chi connectivity index (χ1n) is 9.44. The number of hydrogen-bond donors (Lipinski definition) is 1. The van der Waals surface area contributed by atoms with Crippen molar-refractivity contribution in [3.05, 3.63) is 95.5 Å². The molecule has 0 aliphatic carbocycles. The molecule has 0 bridgehead atoms. The Hall–Kier alpha value is -3.67. The molecule has 1 amide bonds. The second-order valence-electron chi connectivity index (χ2n) is 7.03. The number of H-pyrrole nitrogens is 1. The van der Waals surface area contributed by atoms with E-state index < -0.39 is 6.04 Å². The molecule has 1 N–H and O–H groups in total. The lowest BCUT2D eigenvalue weighted by atomic mass is 10.00. The number of halogens is 1. The Morgan fingerprint density at radius 3 is 2.97 bits per heavy atom. The number of fused-ring (bicyclic) bond motifs is 2. The quantitative estimate of drug-likeness (QED) is 0.527. The van der Waals surface area contributed by atoms with Crippen molar-refractivity contribution in [1.82, 2.24) is 14.9 Å². The van der Waals surface area contributed by atoms with E-state index in [0.29, 0.717) is 24.3 Å². The van der Waals surface area contributed by atoms with Gasteiger partial charge in [-0.1, -0.05) is 30.3 Å². The molecule has 2 aromatic heterocycles. The third-order valence-electron chi connectivity index (χ3n) is 5.19. The van der Waals surface area contributed by atoms with E-state index in [2.05, 4.69) is 9.97 Å². The number of benzene rings is 2. The number of furan rings is 1. The summed E-state index contributed by atoms with van der Waals surface area (Å²) in [6, 6.07) is 15.4. The molecule has 0 fully saturated rings. The standard InChI is InChI=1S/C23H18FN3O2/c24-17-6-3-4-15(12-17)8-9-21(28)27-11-10-18-22(26-14-25-18)23(27)20-13-16-5-1-2-7-19(16)29-20/h1-9,12-14,23H,10-11H2,(H,25,26)/b9-8+/t23-/m1/s1. The van der Waals surface area contributed by atoms with E-state index in [1.165, 1.54) is 18.2 Å². The lowest BCUT2D eigenvalue weighted by Gasteiger charge is -2.33. The number of rotatable bonds is 3. The summed E-state index contributed by atoms with van der Waals surface area (Å²) in [4.78, 5) is 22.4. The second-order valence-corrected chi connectivity index (χ2v) is 7.03. The van der Waals surface area contributed by atoms with E-state index in [1.54, 1.807) is 29.4 Å². The smallest absolute Gasteiger partial charge is 0.247 e. The third kappa shape index (κ3) is 3.23. The minimum Gasteiger partial charge on any atom is -0.458 e. The summed E-state index contributed by atoms with van der Waals surface area (Å²) in [7, 11) is 0. The number of para-hydroxylation sites is 1. The molecule has 5 nitrogen and oxygen atoms in total. The molecular weight excluding hydrogens is 369 g/mol. The zero-order chi connectivity index (χ0) is 19.8. The van der Waals surface area contributed by atoms with Gasteiger partial charge >= 0.3 is 0 Å².